The Bertz CT molecular complexity index is 1530. The molecule has 0 bridgehead atoms. The molecule has 4 aromatic carbocycles. The molecule has 5 aromatic rings. The van der Waals surface area contributed by atoms with Gasteiger partial charge in [0.2, 0.25) is 0 Å². The molecular formula is C24H8BF10N. The SMILES string of the molecule is Fc1c(F)c(F)c(B(c2c(F)c(F)c(F)c(F)c2F)n2c3ccccc3c3ccccc32)c(F)c1F. The Morgan fingerprint density at radius 1 is 0.389 bits per heavy atom. The van der Waals surface area contributed by atoms with Gasteiger partial charge in [-0.3, -0.25) is 0 Å². The van der Waals surface area contributed by atoms with E-state index in [1.165, 1.54) is 48.5 Å². The van der Waals surface area contributed by atoms with Crippen molar-refractivity contribution >= 4 is 39.6 Å². The fourth-order valence-corrected chi connectivity index (χ4v) is 4.36. The molecule has 0 aliphatic heterocycles. The predicted octanol–water partition coefficient (Wildman–Crippen LogP) is 5.84. The molecule has 12 heteroatoms. The molecule has 0 aliphatic carbocycles. The van der Waals surface area contributed by atoms with E-state index in [1.54, 1.807) is 0 Å². The first-order chi connectivity index (χ1) is 17.1. The highest BCUT2D eigenvalue weighted by Crippen LogP contribution is 2.31. The lowest BCUT2D eigenvalue weighted by atomic mass is 9.49. The Hall–Kier alpha value is -3.96. The maximum atomic E-state index is 15.0. The minimum absolute atomic E-state index is 0.0448. The van der Waals surface area contributed by atoms with Crippen LogP contribution in [0.1, 0.15) is 0 Å². The van der Waals surface area contributed by atoms with Crippen LogP contribution in [-0.2, 0) is 0 Å². The molecule has 0 spiro atoms. The van der Waals surface area contributed by atoms with Crippen LogP contribution >= 0.6 is 0 Å². The molecule has 0 radical (unpaired) electrons. The molecule has 0 unspecified atom stereocenters. The summed E-state index contributed by atoms with van der Waals surface area (Å²) in [6.45, 7) is -2.70. The Morgan fingerprint density at radius 3 is 1.00 bits per heavy atom. The standard InChI is InChI=1S/C24H8BF10N/c26-15-13(16(27)20(31)23(34)19(15)30)25(14-17(28)21(32)24(35)22(33)18(14)29)36-11-7-3-1-5-9(11)10-6-2-4-8-12(10)36/h1-8H. The van der Waals surface area contributed by atoms with Crippen molar-refractivity contribution in [3.8, 4) is 0 Å². The lowest BCUT2D eigenvalue weighted by molar-refractivity contribution is 0.382. The van der Waals surface area contributed by atoms with Gasteiger partial charge in [0, 0.05) is 32.7 Å². The van der Waals surface area contributed by atoms with Gasteiger partial charge in [0.05, 0.1) is 0 Å². The molecule has 1 aromatic heterocycles. The zero-order valence-electron chi connectivity index (χ0n) is 17.4. The van der Waals surface area contributed by atoms with Crippen LogP contribution in [-0.4, -0.2) is 11.3 Å². The van der Waals surface area contributed by atoms with Crippen LogP contribution in [0.2, 0.25) is 0 Å². The maximum Gasteiger partial charge on any atom is 0.340 e. The van der Waals surface area contributed by atoms with Gasteiger partial charge in [-0.05, 0) is 12.1 Å². The van der Waals surface area contributed by atoms with Crippen LogP contribution < -0.4 is 10.9 Å². The Balaban J connectivity index is 2.06. The third-order valence-electron chi connectivity index (χ3n) is 5.91. The largest absolute Gasteiger partial charge is 0.376 e. The van der Waals surface area contributed by atoms with E-state index in [9.17, 15) is 26.3 Å². The third kappa shape index (κ3) is 3.13. The lowest BCUT2D eigenvalue weighted by Gasteiger charge is -2.22. The van der Waals surface area contributed by atoms with E-state index in [0.29, 0.717) is 10.8 Å². The fourth-order valence-electron chi connectivity index (χ4n) is 4.36. The zero-order chi connectivity index (χ0) is 26.0. The Morgan fingerprint density at radius 2 is 0.667 bits per heavy atom. The summed E-state index contributed by atoms with van der Waals surface area (Å²) >= 11 is 0. The maximum absolute atomic E-state index is 15.0. The number of nitrogens with zero attached hydrogens (tertiary/aromatic N) is 1. The molecule has 182 valence electrons. The lowest BCUT2D eigenvalue weighted by Crippen LogP contribution is -2.55. The van der Waals surface area contributed by atoms with Crippen LogP contribution in [0.25, 0.3) is 21.8 Å². The van der Waals surface area contributed by atoms with Gasteiger partial charge >= 0.3 is 6.85 Å². The van der Waals surface area contributed by atoms with Gasteiger partial charge in [-0.1, -0.05) is 36.4 Å². The highest BCUT2D eigenvalue weighted by atomic mass is 19.2. The summed E-state index contributed by atoms with van der Waals surface area (Å²) in [6, 6.07) is 11.4. The molecule has 1 heterocycles. The summed E-state index contributed by atoms with van der Waals surface area (Å²) in [5, 5.41) is 0.622. The van der Waals surface area contributed by atoms with Crippen LogP contribution in [0.15, 0.2) is 48.5 Å². The van der Waals surface area contributed by atoms with Crippen LogP contribution in [0.3, 0.4) is 0 Å². The van der Waals surface area contributed by atoms with Gasteiger partial charge in [0.25, 0.3) is 0 Å². The van der Waals surface area contributed by atoms with Gasteiger partial charge in [-0.15, -0.1) is 0 Å². The second-order valence-corrected chi connectivity index (χ2v) is 7.77. The van der Waals surface area contributed by atoms with Crippen molar-refractivity contribution in [3.63, 3.8) is 0 Å². The number of rotatable bonds is 3. The number of hydrogen-bond acceptors (Lipinski definition) is 0. The zero-order valence-corrected chi connectivity index (χ0v) is 17.4. The molecule has 1 nitrogen and oxygen atoms in total. The van der Waals surface area contributed by atoms with Crippen molar-refractivity contribution in [1.82, 2.24) is 4.48 Å². The summed E-state index contributed by atoms with van der Waals surface area (Å²) in [7, 11) is 0. The third-order valence-corrected chi connectivity index (χ3v) is 5.91. The summed E-state index contributed by atoms with van der Waals surface area (Å²) in [4.78, 5) is 0. The molecular weight excluding hydrogens is 503 g/mol. The molecule has 0 saturated heterocycles. The summed E-state index contributed by atoms with van der Waals surface area (Å²) in [5.74, 6) is -25.0. The molecule has 36 heavy (non-hydrogen) atoms. The Labute approximate surface area is 195 Å². The normalized spacial score (nSPS) is 11.6. The van der Waals surface area contributed by atoms with Crippen molar-refractivity contribution in [3.05, 3.63) is 107 Å². The van der Waals surface area contributed by atoms with Crippen LogP contribution in [0.4, 0.5) is 43.9 Å². The highest BCUT2D eigenvalue weighted by Gasteiger charge is 2.42. The first-order valence-corrected chi connectivity index (χ1v) is 10.1. The fraction of sp³-hybridized carbons (Fsp3) is 0. The average Bonchev–Trinajstić information content (AvgIpc) is 3.22. The Kier molecular flexibility index (Phi) is 5.49. The van der Waals surface area contributed by atoms with Crippen LogP contribution in [0.5, 0.6) is 0 Å². The summed E-state index contributed by atoms with van der Waals surface area (Å²) in [6.07, 6.45) is 0. The van der Waals surface area contributed by atoms with E-state index in [1.807, 2.05) is 0 Å². The quantitative estimate of drug-likeness (QED) is 0.124. The van der Waals surface area contributed by atoms with Crippen molar-refractivity contribution in [2.24, 2.45) is 0 Å². The number of fused-ring (bicyclic) bond motifs is 3. The van der Waals surface area contributed by atoms with E-state index in [-0.39, 0.29) is 11.0 Å². The number of benzene rings is 4. The van der Waals surface area contributed by atoms with E-state index >= 15 is 17.6 Å². The molecule has 0 saturated carbocycles. The molecule has 5 rings (SSSR count). The van der Waals surface area contributed by atoms with Crippen molar-refractivity contribution in [1.29, 1.82) is 0 Å². The molecule has 0 aliphatic rings. The number of hydrogen-bond donors (Lipinski definition) is 0. The minimum Gasteiger partial charge on any atom is -0.376 e. The predicted molar refractivity (Wildman–Crippen MR) is 112 cm³/mol. The van der Waals surface area contributed by atoms with E-state index in [0.717, 1.165) is 4.48 Å². The molecule has 0 N–H and O–H groups in total. The smallest absolute Gasteiger partial charge is 0.340 e. The van der Waals surface area contributed by atoms with Gasteiger partial charge < -0.3 is 4.48 Å². The van der Waals surface area contributed by atoms with Crippen molar-refractivity contribution < 1.29 is 43.9 Å². The number of para-hydroxylation sites is 2. The molecule has 0 atom stereocenters. The van der Waals surface area contributed by atoms with Crippen molar-refractivity contribution in [2.45, 2.75) is 0 Å². The molecule has 0 amide bonds. The average molecular weight is 511 g/mol. The van der Waals surface area contributed by atoms with Crippen LogP contribution in [0, 0.1) is 58.2 Å². The van der Waals surface area contributed by atoms with Gasteiger partial charge in [-0.25, -0.2) is 43.9 Å². The van der Waals surface area contributed by atoms with Gasteiger partial charge in [0.15, 0.2) is 58.2 Å². The highest BCUT2D eigenvalue weighted by molar-refractivity contribution is 6.85. The monoisotopic (exact) mass is 511 g/mol. The van der Waals surface area contributed by atoms with Crippen molar-refractivity contribution in [2.75, 3.05) is 0 Å². The number of aromatic nitrogens is 1. The molecule has 0 fully saturated rings. The second kappa shape index (κ2) is 8.32. The summed E-state index contributed by atoms with van der Waals surface area (Å²) in [5.41, 5.74) is -3.70. The minimum atomic E-state index is -2.70. The second-order valence-electron chi connectivity index (χ2n) is 7.77. The van der Waals surface area contributed by atoms with E-state index in [2.05, 4.69) is 0 Å². The van der Waals surface area contributed by atoms with E-state index in [4.69, 9.17) is 0 Å². The van der Waals surface area contributed by atoms with E-state index < -0.39 is 75.9 Å². The summed E-state index contributed by atoms with van der Waals surface area (Å²) < 4.78 is 145. The first-order valence-electron chi connectivity index (χ1n) is 10.1. The first kappa shape index (κ1) is 23.8. The van der Waals surface area contributed by atoms with Gasteiger partial charge in [0.1, 0.15) is 0 Å². The van der Waals surface area contributed by atoms with Gasteiger partial charge in [-0.2, -0.15) is 0 Å². The topological polar surface area (TPSA) is 4.93 Å². The number of halogens is 10.